The summed E-state index contributed by atoms with van der Waals surface area (Å²) in [5.74, 6) is 4.79. The number of carbonyl (C=O) groups excluding carboxylic acids is 2. The van der Waals surface area contributed by atoms with Gasteiger partial charge in [0, 0.05) is 12.5 Å². The van der Waals surface area contributed by atoms with Crippen LogP contribution in [0.15, 0.2) is 0 Å². The van der Waals surface area contributed by atoms with Crippen molar-refractivity contribution in [3.05, 3.63) is 0 Å². The molecule has 0 saturated heterocycles. The van der Waals surface area contributed by atoms with Gasteiger partial charge in [-0.15, -0.1) is 0 Å². The number of nitrogens with zero attached hydrogens (tertiary/aromatic N) is 1. The summed E-state index contributed by atoms with van der Waals surface area (Å²) in [6.07, 6.45) is 2.24. The molecule has 1 amide bonds. The zero-order valence-corrected chi connectivity index (χ0v) is 14.3. The molecule has 0 saturated carbocycles. The summed E-state index contributed by atoms with van der Waals surface area (Å²) in [6, 6.07) is -0.527. The molecule has 0 radical (unpaired) electrons. The summed E-state index contributed by atoms with van der Waals surface area (Å²) in [7, 11) is 0. The highest BCUT2D eigenvalue weighted by molar-refractivity contribution is 5.71. The van der Waals surface area contributed by atoms with Gasteiger partial charge in [-0.1, -0.05) is 26.7 Å². The Morgan fingerprint density at radius 1 is 1.32 bits per heavy atom. The third-order valence-corrected chi connectivity index (χ3v) is 3.55. The lowest BCUT2D eigenvalue weighted by Crippen LogP contribution is -2.52. The van der Waals surface area contributed by atoms with Crippen molar-refractivity contribution in [2.24, 2.45) is 11.8 Å². The molecule has 0 aromatic rings. The highest BCUT2D eigenvalue weighted by Crippen LogP contribution is 2.21. The van der Waals surface area contributed by atoms with E-state index in [2.05, 4.69) is 6.92 Å². The number of nitrogens with two attached hydrogens (primary N) is 1. The molecule has 0 heterocycles. The van der Waals surface area contributed by atoms with E-state index in [-0.39, 0.29) is 18.3 Å². The van der Waals surface area contributed by atoms with Gasteiger partial charge in [-0.05, 0) is 33.6 Å². The Labute approximate surface area is 132 Å². The average molecular weight is 317 g/mol. The molecule has 0 aliphatic heterocycles. The van der Waals surface area contributed by atoms with E-state index >= 15 is 0 Å². The Morgan fingerprint density at radius 2 is 1.91 bits per heavy atom. The molecule has 0 bridgehead atoms. The molecule has 2 unspecified atom stereocenters. The zero-order chi connectivity index (χ0) is 17.3. The van der Waals surface area contributed by atoms with Gasteiger partial charge in [-0.2, -0.15) is 4.89 Å². The van der Waals surface area contributed by atoms with E-state index in [1.165, 1.54) is 0 Å². The summed E-state index contributed by atoms with van der Waals surface area (Å²) >= 11 is 0. The van der Waals surface area contributed by atoms with Gasteiger partial charge in [0.15, 0.2) is 6.09 Å². The van der Waals surface area contributed by atoms with Crippen LogP contribution in [0.1, 0.15) is 66.7 Å². The third-order valence-electron chi connectivity index (χ3n) is 3.55. The van der Waals surface area contributed by atoms with E-state index in [4.69, 9.17) is 15.6 Å². The van der Waals surface area contributed by atoms with Crippen molar-refractivity contribution in [3.8, 4) is 0 Å². The SMILES string of the molecule is CCCCC(CC)C(=O)OOC(C)(C)CC(C)N(N)C(=O)[O-]. The van der Waals surface area contributed by atoms with E-state index in [1.54, 1.807) is 20.8 Å². The van der Waals surface area contributed by atoms with Crippen LogP contribution < -0.4 is 10.9 Å². The molecule has 7 nitrogen and oxygen atoms in total. The fourth-order valence-electron chi connectivity index (χ4n) is 2.18. The highest BCUT2D eigenvalue weighted by Gasteiger charge is 2.29. The Kier molecular flexibility index (Phi) is 9.04. The number of rotatable bonds is 10. The van der Waals surface area contributed by atoms with Gasteiger partial charge < -0.3 is 9.90 Å². The van der Waals surface area contributed by atoms with E-state index in [1.807, 2.05) is 6.92 Å². The Balaban J connectivity index is 4.41. The molecule has 0 fully saturated rings. The summed E-state index contributed by atoms with van der Waals surface area (Å²) in [5.41, 5.74) is -0.856. The predicted molar refractivity (Wildman–Crippen MR) is 80.1 cm³/mol. The molecule has 0 spiro atoms. The normalized spacial score (nSPS) is 14.3. The number of hydrogen-bond donors (Lipinski definition) is 1. The van der Waals surface area contributed by atoms with E-state index in [0.29, 0.717) is 11.4 Å². The maximum atomic E-state index is 12.0. The number of amides is 1. The van der Waals surface area contributed by atoms with Gasteiger partial charge in [-0.25, -0.2) is 10.6 Å². The predicted octanol–water partition coefficient (Wildman–Crippen LogP) is 1.75. The molecule has 130 valence electrons. The van der Waals surface area contributed by atoms with E-state index < -0.39 is 17.7 Å². The van der Waals surface area contributed by atoms with Crippen molar-refractivity contribution in [2.45, 2.75) is 78.4 Å². The minimum atomic E-state index is -1.47. The monoisotopic (exact) mass is 317 g/mol. The van der Waals surface area contributed by atoms with Crippen LogP contribution in [0.2, 0.25) is 0 Å². The van der Waals surface area contributed by atoms with Gasteiger partial charge in [0.05, 0.1) is 5.92 Å². The minimum absolute atomic E-state index is 0.178. The van der Waals surface area contributed by atoms with Crippen LogP contribution in [0.25, 0.3) is 0 Å². The standard InChI is InChI=1S/C15H30N2O5/c1-6-8-9-12(7-2)13(18)21-22-15(4,5)10-11(3)17(16)14(19)20/h11-12H,6-10,16H2,1-5H3,(H,19,20)/p-1. The molecule has 0 rings (SSSR count). The summed E-state index contributed by atoms with van der Waals surface area (Å²) in [4.78, 5) is 32.8. The second kappa shape index (κ2) is 9.63. The van der Waals surface area contributed by atoms with Gasteiger partial charge in [0.1, 0.15) is 5.60 Å². The molecule has 0 aromatic heterocycles. The van der Waals surface area contributed by atoms with E-state index in [0.717, 1.165) is 19.3 Å². The van der Waals surface area contributed by atoms with Crippen LogP contribution in [-0.2, 0) is 14.6 Å². The van der Waals surface area contributed by atoms with Crippen LogP contribution in [0, 0.1) is 5.92 Å². The molecule has 0 aromatic carbocycles. The lowest BCUT2D eigenvalue weighted by atomic mass is 9.99. The molecule has 0 aliphatic rings. The zero-order valence-electron chi connectivity index (χ0n) is 14.3. The molecule has 22 heavy (non-hydrogen) atoms. The number of unbranched alkanes of at least 4 members (excludes halogenated alkanes) is 1. The Hall–Kier alpha value is -1.34. The first kappa shape index (κ1) is 20.7. The fourth-order valence-corrected chi connectivity index (χ4v) is 2.18. The van der Waals surface area contributed by atoms with Gasteiger partial charge >= 0.3 is 5.97 Å². The van der Waals surface area contributed by atoms with Crippen LogP contribution in [0.5, 0.6) is 0 Å². The fraction of sp³-hybridized carbons (Fsp3) is 0.867. The van der Waals surface area contributed by atoms with Crippen LogP contribution in [-0.4, -0.2) is 28.7 Å². The summed E-state index contributed by atoms with van der Waals surface area (Å²) in [5, 5.41) is 11.3. The molecule has 2 atom stereocenters. The number of hydrazine groups is 1. The smallest absolute Gasteiger partial charge is 0.345 e. The third kappa shape index (κ3) is 7.61. The van der Waals surface area contributed by atoms with Crippen LogP contribution in [0.4, 0.5) is 4.79 Å². The summed E-state index contributed by atoms with van der Waals surface area (Å²) < 4.78 is 0. The van der Waals surface area contributed by atoms with Gasteiger partial charge in [0.2, 0.25) is 0 Å². The number of carboxylic acid groups (broad SMARTS) is 1. The summed E-state index contributed by atoms with van der Waals surface area (Å²) in [6.45, 7) is 9.02. The first-order valence-electron chi connectivity index (χ1n) is 7.79. The van der Waals surface area contributed by atoms with Crippen LogP contribution in [0.3, 0.4) is 0 Å². The largest absolute Gasteiger partial charge is 0.529 e. The average Bonchev–Trinajstić information content (AvgIpc) is 2.44. The lowest BCUT2D eigenvalue weighted by Gasteiger charge is -2.32. The molecule has 7 heteroatoms. The Morgan fingerprint density at radius 3 is 2.36 bits per heavy atom. The molecular weight excluding hydrogens is 288 g/mol. The van der Waals surface area contributed by atoms with Crippen molar-refractivity contribution in [2.75, 3.05) is 0 Å². The van der Waals surface area contributed by atoms with Crippen molar-refractivity contribution in [3.63, 3.8) is 0 Å². The maximum Gasteiger partial charge on any atom is 0.345 e. The van der Waals surface area contributed by atoms with Gasteiger partial charge in [0.25, 0.3) is 0 Å². The van der Waals surface area contributed by atoms with Crippen LogP contribution >= 0.6 is 0 Å². The second-order valence-corrected chi connectivity index (χ2v) is 6.22. The second-order valence-electron chi connectivity index (χ2n) is 6.22. The number of carbonyl (C=O) groups is 2. The lowest BCUT2D eigenvalue weighted by molar-refractivity contribution is -0.331. The number of hydrogen-bond acceptors (Lipinski definition) is 6. The molecular formula is C15H29N2O5-. The quantitative estimate of drug-likeness (QED) is 0.285. The first-order chi connectivity index (χ1) is 10.1. The van der Waals surface area contributed by atoms with Crippen molar-refractivity contribution < 1.29 is 24.5 Å². The minimum Gasteiger partial charge on any atom is -0.529 e. The Bertz CT molecular complexity index is 360. The van der Waals surface area contributed by atoms with Gasteiger partial charge in [-0.3, -0.25) is 9.90 Å². The molecule has 0 aliphatic carbocycles. The topological polar surface area (TPSA) is 105 Å². The van der Waals surface area contributed by atoms with Crippen molar-refractivity contribution in [1.82, 2.24) is 5.01 Å². The van der Waals surface area contributed by atoms with Crippen molar-refractivity contribution >= 4 is 12.1 Å². The van der Waals surface area contributed by atoms with Crippen molar-refractivity contribution in [1.29, 1.82) is 0 Å². The van der Waals surface area contributed by atoms with E-state index in [9.17, 15) is 14.7 Å². The first-order valence-corrected chi connectivity index (χ1v) is 7.79. The highest BCUT2D eigenvalue weighted by atomic mass is 17.2. The molecule has 2 N–H and O–H groups in total. The maximum absolute atomic E-state index is 12.0.